The summed E-state index contributed by atoms with van der Waals surface area (Å²) in [5.74, 6) is 0.261. The molecule has 1 aliphatic heterocycles. The fourth-order valence-corrected chi connectivity index (χ4v) is 5.00. The highest BCUT2D eigenvalue weighted by Gasteiger charge is 2.61. The molecule has 1 aromatic heterocycles. The number of halogens is 4. The number of piperidine rings is 1. The zero-order chi connectivity index (χ0) is 23.2. The second-order valence-corrected chi connectivity index (χ2v) is 8.92. The van der Waals surface area contributed by atoms with E-state index in [9.17, 15) is 17.6 Å². The number of fused-ring (bicyclic) bond motifs is 1. The number of rotatable bonds is 7. The number of nitrogens with zero attached hydrogens (tertiary/aromatic N) is 4. The fourth-order valence-electron chi connectivity index (χ4n) is 5.00. The van der Waals surface area contributed by atoms with E-state index >= 15 is 0 Å². The predicted molar refractivity (Wildman–Crippen MR) is 114 cm³/mol. The van der Waals surface area contributed by atoms with Crippen molar-refractivity contribution < 1.29 is 22.3 Å². The summed E-state index contributed by atoms with van der Waals surface area (Å²) < 4.78 is 60.7. The Hall–Kier alpha value is -2.94. The Kier molecular flexibility index (Phi) is 5.39. The van der Waals surface area contributed by atoms with Crippen molar-refractivity contribution in [1.82, 2.24) is 19.7 Å². The number of likely N-dealkylation sites (tertiary alicyclic amines) is 1. The maximum absolute atomic E-state index is 14.5. The van der Waals surface area contributed by atoms with Gasteiger partial charge >= 0.3 is 12.2 Å². The third-order valence-electron chi connectivity index (χ3n) is 6.77. The molecule has 1 saturated heterocycles. The Bertz CT molecular complexity index is 1150. The number of hydrogen-bond donors (Lipinski definition) is 0. The van der Waals surface area contributed by atoms with Gasteiger partial charge in [-0.3, -0.25) is 4.57 Å². The molecule has 0 radical (unpaired) electrons. The molecule has 2 atom stereocenters. The summed E-state index contributed by atoms with van der Waals surface area (Å²) in [6.07, 6.45) is -2.96. The first-order valence-corrected chi connectivity index (χ1v) is 11.0. The van der Waals surface area contributed by atoms with Crippen LogP contribution in [0.4, 0.5) is 17.6 Å². The second kappa shape index (κ2) is 8.13. The topological polar surface area (TPSA) is 43.2 Å². The van der Waals surface area contributed by atoms with Crippen molar-refractivity contribution >= 4 is 0 Å². The molecular formula is C24H24F4N4O. The van der Waals surface area contributed by atoms with Crippen LogP contribution >= 0.6 is 0 Å². The van der Waals surface area contributed by atoms with Gasteiger partial charge in [0.05, 0.1) is 12.2 Å². The molecule has 2 heterocycles. The van der Waals surface area contributed by atoms with Crippen LogP contribution in [0.25, 0.3) is 11.4 Å². The molecule has 0 unspecified atom stereocenters. The number of ether oxygens (including phenoxy) is 1. The van der Waals surface area contributed by atoms with Gasteiger partial charge in [0.25, 0.3) is 0 Å². The highest BCUT2D eigenvalue weighted by atomic mass is 19.4. The lowest BCUT2D eigenvalue weighted by Gasteiger charge is -2.21. The van der Waals surface area contributed by atoms with E-state index < -0.39 is 17.6 Å². The predicted octanol–water partition coefficient (Wildman–Crippen LogP) is 4.68. The van der Waals surface area contributed by atoms with E-state index in [-0.39, 0.29) is 11.3 Å². The molecule has 0 N–H and O–H groups in total. The molecule has 0 amide bonds. The smallest absolute Gasteiger partial charge is 0.416 e. The van der Waals surface area contributed by atoms with Crippen molar-refractivity contribution in [3.8, 4) is 17.4 Å². The van der Waals surface area contributed by atoms with Gasteiger partial charge in [0.1, 0.15) is 5.82 Å². The van der Waals surface area contributed by atoms with Crippen LogP contribution in [0.2, 0.25) is 0 Å². The van der Waals surface area contributed by atoms with Gasteiger partial charge in [-0.05, 0) is 36.5 Å². The average Bonchev–Trinajstić information content (AvgIpc) is 3.15. The normalized spacial score (nSPS) is 22.4. The lowest BCUT2D eigenvalue weighted by molar-refractivity contribution is -0.137. The summed E-state index contributed by atoms with van der Waals surface area (Å²) in [6, 6.07) is 13.1. The number of aromatic nitrogens is 3. The summed E-state index contributed by atoms with van der Waals surface area (Å²) in [5.41, 5.74) is 0.0678. The van der Waals surface area contributed by atoms with E-state index in [2.05, 4.69) is 15.1 Å². The zero-order valence-electron chi connectivity index (χ0n) is 18.1. The standard InChI is InChI=1S/C24H24F4N4O/c1-31-21(16-6-3-2-4-7-16)29-30-22(31)33-11-5-10-32-14-18-13-23(18,15-32)19-9-8-17(12-20(19)25)24(26,27)28/h2-4,6-9,12,18H,5,10-11,13-15H2,1H3/t18-,23-/m0/s1. The van der Waals surface area contributed by atoms with Gasteiger partial charge < -0.3 is 9.64 Å². The molecule has 0 bridgehead atoms. The largest absolute Gasteiger partial charge is 0.464 e. The van der Waals surface area contributed by atoms with Crippen LogP contribution in [0.5, 0.6) is 6.01 Å². The summed E-state index contributed by atoms with van der Waals surface area (Å²) in [7, 11) is 1.86. The van der Waals surface area contributed by atoms with Gasteiger partial charge in [0, 0.05) is 37.7 Å². The second-order valence-electron chi connectivity index (χ2n) is 8.92. The van der Waals surface area contributed by atoms with Crippen LogP contribution in [-0.2, 0) is 18.6 Å². The van der Waals surface area contributed by atoms with E-state index in [4.69, 9.17) is 4.74 Å². The Labute approximate surface area is 189 Å². The molecule has 174 valence electrons. The van der Waals surface area contributed by atoms with E-state index in [0.29, 0.717) is 30.8 Å². The van der Waals surface area contributed by atoms with Crippen LogP contribution < -0.4 is 4.74 Å². The van der Waals surface area contributed by atoms with Crippen LogP contribution in [-0.4, -0.2) is 45.9 Å². The minimum absolute atomic E-state index is 0.289. The average molecular weight is 460 g/mol. The molecule has 2 fully saturated rings. The minimum atomic E-state index is -4.54. The zero-order valence-corrected chi connectivity index (χ0v) is 18.1. The van der Waals surface area contributed by atoms with Crippen molar-refractivity contribution in [2.24, 2.45) is 13.0 Å². The van der Waals surface area contributed by atoms with Crippen molar-refractivity contribution in [3.05, 3.63) is 65.5 Å². The fraction of sp³-hybridized carbons (Fsp3) is 0.417. The molecule has 33 heavy (non-hydrogen) atoms. The van der Waals surface area contributed by atoms with Crippen molar-refractivity contribution in [2.75, 3.05) is 26.2 Å². The third-order valence-corrected chi connectivity index (χ3v) is 6.77. The van der Waals surface area contributed by atoms with Gasteiger partial charge in [-0.15, -0.1) is 5.10 Å². The van der Waals surface area contributed by atoms with Gasteiger partial charge in [0.2, 0.25) is 0 Å². The Morgan fingerprint density at radius 3 is 2.64 bits per heavy atom. The highest BCUT2D eigenvalue weighted by molar-refractivity contribution is 5.55. The molecule has 3 aromatic rings. The summed E-state index contributed by atoms with van der Waals surface area (Å²) in [6.45, 7) is 2.71. The lowest BCUT2D eigenvalue weighted by atomic mass is 9.93. The molecule has 0 spiro atoms. The summed E-state index contributed by atoms with van der Waals surface area (Å²) in [4.78, 5) is 2.24. The minimum Gasteiger partial charge on any atom is -0.464 e. The monoisotopic (exact) mass is 460 g/mol. The molecule has 2 aliphatic rings. The summed E-state index contributed by atoms with van der Waals surface area (Å²) in [5, 5.41) is 8.32. The Morgan fingerprint density at radius 2 is 1.91 bits per heavy atom. The van der Waals surface area contributed by atoms with Crippen molar-refractivity contribution in [2.45, 2.75) is 24.4 Å². The van der Waals surface area contributed by atoms with Gasteiger partial charge in [-0.25, -0.2) is 4.39 Å². The molecule has 5 nitrogen and oxygen atoms in total. The number of hydrogen-bond acceptors (Lipinski definition) is 4. The number of benzene rings is 2. The molecule has 1 aliphatic carbocycles. The molecule has 9 heteroatoms. The first-order chi connectivity index (χ1) is 15.8. The highest BCUT2D eigenvalue weighted by Crippen LogP contribution is 2.59. The van der Waals surface area contributed by atoms with Crippen molar-refractivity contribution in [3.63, 3.8) is 0 Å². The third kappa shape index (κ3) is 4.10. The van der Waals surface area contributed by atoms with E-state index in [1.807, 2.05) is 41.9 Å². The molecule has 1 saturated carbocycles. The molecule has 5 rings (SSSR count). The van der Waals surface area contributed by atoms with Crippen molar-refractivity contribution in [1.29, 1.82) is 0 Å². The maximum Gasteiger partial charge on any atom is 0.416 e. The van der Waals surface area contributed by atoms with Crippen LogP contribution in [0.1, 0.15) is 24.0 Å². The van der Waals surface area contributed by atoms with Crippen LogP contribution in [0.3, 0.4) is 0 Å². The Morgan fingerprint density at radius 1 is 1.12 bits per heavy atom. The van der Waals surface area contributed by atoms with Gasteiger partial charge in [0.15, 0.2) is 5.82 Å². The quantitative estimate of drug-likeness (QED) is 0.379. The Balaban J connectivity index is 1.14. The van der Waals surface area contributed by atoms with Gasteiger partial charge in [-0.1, -0.05) is 41.5 Å². The van der Waals surface area contributed by atoms with Crippen LogP contribution in [0, 0.1) is 11.7 Å². The van der Waals surface area contributed by atoms with E-state index in [0.717, 1.165) is 43.4 Å². The van der Waals surface area contributed by atoms with E-state index in [1.165, 1.54) is 6.07 Å². The molecule has 2 aromatic carbocycles. The first-order valence-electron chi connectivity index (χ1n) is 11.0. The van der Waals surface area contributed by atoms with Crippen LogP contribution in [0.15, 0.2) is 48.5 Å². The summed E-state index contributed by atoms with van der Waals surface area (Å²) >= 11 is 0. The lowest BCUT2D eigenvalue weighted by Crippen LogP contribution is -2.29. The number of alkyl halides is 3. The van der Waals surface area contributed by atoms with Gasteiger partial charge in [-0.2, -0.15) is 13.2 Å². The van der Waals surface area contributed by atoms with E-state index in [1.54, 1.807) is 0 Å². The first kappa shape index (κ1) is 21.9. The SMILES string of the molecule is Cn1c(OCCCN2C[C@@H]3C[C@]3(c3ccc(C(F)(F)F)cc3F)C2)nnc1-c1ccccc1. The molecular weight excluding hydrogens is 436 g/mol. The maximum atomic E-state index is 14.5.